The molecule has 4 nitrogen and oxygen atoms in total. The van der Waals surface area contributed by atoms with Crippen LogP contribution in [0.4, 0.5) is 10.1 Å². The minimum atomic E-state index is -3.53. The fraction of sp³-hybridized carbons (Fsp3) is 0.133. The van der Waals surface area contributed by atoms with E-state index in [9.17, 15) is 17.6 Å². The lowest BCUT2D eigenvalue weighted by Gasteiger charge is -2.06. The van der Waals surface area contributed by atoms with Gasteiger partial charge < -0.3 is 5.32 Å². The molecule has 2 rings (SSSR count). The lowest BCUT2D eigenvalue weighted by atomic mass is 10.3. The van der Waals surface area contributed by atoms with E-state index in [-0.39, 0.29) is 17.1 Å². The van der Waals surface area contributed by atoms with Crippen LogP contribution in [-0.4, -0.2) is 20.1 Å². The molecule has 0 heterocycles. The molecule has 0 aliphatic rings. The summed E-state index contributed by atoms with van der Waals surface area (Å²) in [6.45, 7) is 0. The van der Waals surface area contributed by atoms with E-state index in [1.807, 2.05) is 0 Å². The zero-order valence-electron chi connectivity index (χ0n) is 11.4. The Morgan fingerprint density at radius 2 is 1.82 bits per heavy atom. The molecule has 1 N–H and O–H groups in total. The molecule has 0 saturated heterocycles. The second-order valence-corrected chi connectivity index (χ2v) is 7.61. The quantitative estimate of drug-likeness (QED) is 0.857. The van der Waals surface area contributed by atoms with Gasteiger partial charge in [0, 0.05) is 16.6 Å². The van der Waals surface area contributed by atoms with Gasteiger partial charge in [0.15, 0.2) is 9.84 Å². The van der Waals surface area contributed by atoms with E-state index in [0.717, 1.165) is 4.47 Å². The lowest BCUT2D eigenvalue weighted by Crippen LogP contribution is -2.17. The van der Waals surface area contributed by atoms with E-state index >= 15 is 0 Å². The third-order valence-corrected chi connectivity index (χ3v) is 5.14. The molecule has 0 aromatic heterocycles. The number of nitrogens with one attached hydrogen (secondary N) is 1. The van der Waals surface area contributed by atoms with Crippen molar-refractivity contribution in [1.82, 2.24) is 0 Å². The maximum Gasteiger partial charge on any atom is 0.225 e. The smallest absolute Gasteiger partial charge is 0.225 e. The first-order valence-electron chi connectivity index (χ1n) is 6.40. The van der Waals surface area contributed by atoms with E-state index in [0.29, 0.717) is 5.69 Å². The Kier molecular flexibility index (Phi) is 5.31. The summed E-state index contributed by atoms with van der Waals surface area (Å²) < 4.78 is 38.0. The number of rotatable bonds is 5. The summed E-state index contributed by atoms with van der Waals surface area (Å²) in [4.78, 5) is 11.9. The zero-order valence-corrected chi connectivity index (χ0v) is 13.8. The van der Waals surface area contributed by atoms with Gasteiger partial charge in [-0.15, -0.1) is 0 Å². The van der Waals surface area contributed by atoms with Crippen LogP contribution in [0.5, 0.6) is 0 Å². The van der Waals surface area contributed by atoms with Crippen LogP contribution in [0.1, 0.15) is 6.42 Å². The molecule has 0 atom stereocenters. The predicted molar refractivity (Wildman–Crippen MR) is 85.8 cm³/mol. The first-order chi connectivity index (χ1) is 10.4. The number of anilines is 1. The van der Waals surface area contributed by atoms with E-state index in [1.54, 1.807) is 12.1 Å². The number of hydrogen-bond acceptors (Lipinski definition) is 3. The fourth-order valence-corrected chi connectivity index (χ4v) is 3.28. The van der Waals surface area contributed by atoms with Gasteiger partial charge in [-0.2, -0.15) is 0 Å². The van der Waals surface area contributed by atoms with Crippen molar-refractivity contribution in [2.24, 2.45) is 0 Å². The maximum absolute atomic E-state index is 13.0. The van der Waals surface area contributed by atoms with E-state index in [1.165, 1.54) is 36.4 Å². The highest BCUT2D eigenvalue weighted by atomic mass is 79.9. The van der Waals surface area contributed by atoms with E-state index in [2.05, 4.69) is 21.2 Å². The van der Waals surface area contributed by atoms with Crippen LogP contribution in [0.15, 0.2) is 57.9 Å². The van der Waals surface area contributed by atoms with Gasteiger partial charge in [0.25, 0.3) is 0 Å². The molecule has 0 bridgehead atoms. The van der Waals surface area contributed by atoms with Gasteiger partial charge in [0.05, 0.1) is 10.6 Å². The van der Waals surface area contributed by atoms with Crippen LogP contribution in [0.2, 0.25) is 0 Å². The van der Waals surface area contributed by atoms with E-state index in [4.69, 9.17) is 0 Å². The van der Waals surface area contributed by atoms with Crippen molar-refractivity contribution in [2.75, 3.05) is 11.1 Å². The summed E-state index contributed by atoms with van der Waals surface area (Å²) in [7, 11) is -3.53. The summed E-state index contributed by atoms with van der Waals surface area (Å²) in [5, 5.41) is 2.47. The third kappa shape index (κ3) is 4.64. The molecule has 0 saturated carbocycles. The van der Waals surface area contributed by atoms with Gasteiger partial charge >= 0.3 is 0 Å². The molecule has 2 aromatic rings. The Hall–Kier alpha value is -1.73. The lowest BCUT2D eigenvalue weighted by molar-refractivity contribution is -0.115. The van der Waals surface area contributed by atoms with Gasteiger partial charge in [-0.05, 0) is 42.5 Å². The van der Waals surface area contributed by atoms with Crippen molar-refractivity contribution in [1.29, 1.82) is 0 Å². The average Bonchev–Trinajstić information content (AvgIpc) is 2.46. The van der Waals surface area contributed by atoms with Crippen molar-refractivity contribution in [2.45, 2.75) is 11.3 Å². The summed E-state index contributed by atoms with van der Waals surface area (Å²) in [5.41, 5.74) is 0.297. The molecule has 0 fully saturated rings. The summed E-state index contributed by atoms with van der Waals surface area (Å²) in [5.74, 6) is -1.26. The average molecular weight is 386 g/mol. The van der Waals surface area contributed by atoms with Gasteiger partial charge in [0.1, 0.15) is 5.82 Å². The first kappa shape index (κ1) is 16.6. The topological polar surface area (TPSA) is 63.2 Å². The van der Waals surface area contributed by atoms with Crippen LogP contribution in [-0.2, 0) is 14.6 Å². The van der Waals surface area contributed by atoms with Crippen LogP contribution in [0, 0.1) is 5.82 Å². The number of halogens is 2. The summed E-state index contributed by atoms with van der Waals surface area (Å²) >= 11 is 3.23. The number of hydrogen-bond donors (Lipinski definition) is 1. The number of benzene rings is 2. The molecular formula is C15H13BrFNO3S. The Balaban J connectivity index is 1.97. The number of carbonyl (C=O) groups excluding carboxylic acids is 1. The highest BCUT2D eigenvalue weighted by molar-refractivity contribution is 9.10. The molecule has 2 aromatic carbocycles. The molecule has 116 valence electrons. The van der Waals surface area contributed by atoms with Crippen molar-refractivity contribution < 1.29 is 17.6 Å². The minimum absolute atomic E-state index is 0.161. The van der Waals surface area contributed by atoms with Crippen molar-refractivity contribution in [3.63, 3.8) is 0 Å². The van der Waals surface area contributed by atoms with Gasteiger partial charge in [-0.3, -0.25) is 4.79 Å². The molecular weight excluding hydrogens is 373 g/mol. The Morgan fingerprint density at radius 3 is 2.45 bits per heavy atom. The Morgan fingerprint density at radius 1 is 1.14 bits per heavy atom. The predicted octanol–water partition coefficient (Wildman–Crippen LogP) is 3.39. The summed E-state index contributed by atoms with van der Waals surface area (Å²) in [6, 6.07) is 11.6. The zero-order chi connectivity index (χ0) is 16.2. The molecule has 0 aliphatic heterocycles. The maximum atomic E-state index is 13.0. The number of amides is 1. The largest absolute Gasteiger partial charge is 0.326 e. The van der Waals surface area contributed by atoms with Crippen LogP contribution in [0.3, 0.4) is 0 Å². The summed E-state index contributed by atoms with van der Waals surface area (Å²) in [6.07, 6.45) is -0.199. The highest BCUT2D eigenvalue weighted by Crippen LogP contribution is 2.17. The van der Waals surface area contributed by atoms with Crippen LogP contribution >= 0.6 is 15.9 Å². The molecule has 1 amide bonds. The number of sulfone groups is 1. The normalized spacial score (nSPS) is 11.2. The van der Waals surface area contributed by atoms with Crippen molar-refractivity contribution in [3.8, 4) is 0 Å². The molecule has 0 spiro atoms. The van der Waals surface area contributed by atoms with Crippen molar-refractivity contribution in [3.05, 3.63) is 58.8 Å². The van der Waals surface area contributed by atoms with Crippen molar-refractivity contribution >= 4 is 37.4 Å². The molecule has 7 heteroatoms. The highest BCUT2D eigenvalue weighted by Gasteiger charge is 2.16. The Labute approximate surface area is 136 Å². The molecule has 0 unspecified atom stereocenters. The minimum Gasteiger partial charge on any atom is -0.326 e. The van der Waals surface area contributed by atoms with Gasteiger partial charge in [0.2, 0.25) is 5.91 Å². The molecule has 22 heavy (non-hydrogen) atoms. The first-order valence-corrected chi connectivity index (χ1v) is 8.85. The molecule has 0 aliphatic carbocycles. The van der Waals surface area contributed by atoms with Gasteiger partial charge in [-0.25, -0.2) is 12.8 Å². The monoisotopic (exact) mass is 385 g/mol. The fourth-order valence-electron chi connectivity index (χ4n) is 1.78. The Bertz CT molecular complexity index is 776. The SMILES string of the molecule is O=C(CCS(=O)(=O)c1ccc(Br)cc1)Nc1cccc(F)c1. The van der Waals surface area contributed by atoms with Crippen LogP contribution < -0.4 is 5.32 Å². The van der Waals surface area contributed by atoms with Gasteiger partial charge in [-0.1, -0.05) is 22.0 Å². The third-order valence-electron chi connectivity index (χ3n) is 2.88. The molecule has 0 radical (unpaired) electrons. The second kappa shape index (κ2) is 7.02. The number of carbonyl (C=O) groups is 1. The van der Waals surface area contributed by atoms with Crippen LogP contribution in [0.25, 0.3) is 0 Å². The standard InChI is InChI=1S/C15H13BrFNO3S/c16-11-4-6-14(7-5-11)22(20,21)9-8-15(19)18-13-3-1-2-12(17)10-13/h1-7,10H,8-9H2,(H,18,19). The van der Waals surface area contributed by atoms with E-state index < -0.39 is 21.6 Å². The second-order valence-electron chi connectivity index (χ2n) is 4.58.